The Labute approximate surface area is 180 Å². The quantitative estimate of drug-likeness (QED) is 0.460. The van der Waals surface area contributed by atoms with Crippen LogP contribution in [0, 0.1) is 0 Å². The second-order valence-electron chi connectivity index (χ2n) is 7.98. The lowest BCUT2D eigenvalue weighted by Crippen LogP contribution is -2.34. The second kappa shape index (κ2) is 6.50. The van der Waals surface area contributed by atoms with Crippen molar-refractivity contribution in [3.05, 3.63) is 57.2 Å². The number of benzene rings is 1. The van der Waals surface area contributed by atoms with E-state index in [1.165, 1.54) is 12.1 Å². The van der Waals surface area contributed by atoms with Crippen molar-refractivity contribution >= 4 is 42.5 Å². The van der Waals surface area contributed by atoms with Gasteiger partial charge in [-0.2, -0.15) is 10.2 Å². The molecule has 1 aromatic carbocycles. The molecular weight excluding hydrogens is 472 g/mol. The maximum absolute atomic E-state index is 13.4. The van der Waals surface area contributed by atoms with E-state index in [0.717, 1.165) is 18.4 Å². The lowest BCUT2D eigenvalue weighted by molar-refractivity contribution is 0.558. The summed E-state index contributed by atoms with van der Waals surface area (Å²) in [5.41, 5.74) is 1.29. The van der Waals surface area contributed by atoms with Crippen molar-refractivity contribution in [1.82, 2.24) is 28.7 Å². The van der Waals surface area contributed by atoms with Crippen molar-refractivity contribution in [3.8, 4) is 0 Å². The molecule has 0 bridgehead atoms. The van der Waals surface area contributed by atoms with Gasteiger partial charge in [0.2, 0.25) is 10.0 Å². The van der Waals surface area contributed by atoms with E-state index in [-0.39, 0.29) is 15.8 Å². The molecule has 11 heteroatoms. The topological polar surface area (TPSA) is 103 Å². The van der Waals surface area contributed by atoms with Crippen LogP contribution in [0.1, 0.15) is 25.3 Å². The van der Waals surface area contributed by atoms with Gasteiger partial charge in [-0.25, -0.2) is 17.7 Å². The van der Waals surface area contributed by atoms with Gasteiger partial charge >= 0.3 is 0 Å². The third-order valence-electron chi connectivity index (χ3n) is 5.41. The van der Waals surface area contributed by atoms with Crippen LogP contribution in [0.5, 0.6) is 0 Å². The van der Waals surface area contributed by atoms with Crippen LogP contribution in [-0.4, -0.2) is 37.9 Å². The molecule has 0 saturated heterocycles. The van der Waals surface area contributed by atoms with E-state index in [9.17, 15) is 13.2 Å². The molecule has 0 aliphatic heterocycles. The molecule has 156 valence electrons. The molecule has 0 atom stereocenters. The lowest BCUT2D eigenvalue weighted by atomic mass is 10.2. The number of hydrogen-bond acceptors (Lipinski definition) is 5. The number of nitrogens with one attached hydrogen (secondary N) is 1. The average molecular weight is 491 g/mol. The zero-order chi connectivity index (χ0) is 21.3. The Kier molecular flexibility index (Phi) is 4.21. The zero-order valence-electron chi connectivity index (χ0n) is 16.3. The molecule has 1 aliphatic carbocycles. The Hall–Kier alpha value is -2.50. The van der Waals surface area contributed by atoms with Gasteiger partial charge in [-0.1, -0.05) is 0 Å². The molecule has 1 fully saturated rings. The van der Waals surface area contributed by atoms with Crippen LogP contribution >= 0.6 is 15.9 Å². The fourth-order valence-corrected chi connectivity index (χ4v) is 5.89. The van der Waals surface area contributed by atoms with Crippen molar-refractivity contribution < 1.29 is 8.42 Å². The molecule has 3 heterocycles. The van der Waals surface area contributed by atoms with Gasteiger partial charge in [-0.15, -0.1) is 0 Å². The van der Waals surface area contributed by atoms with E-state index in [2.05, 4.69) is 30.8 Å². The van der Waals surface area contributed by atoms with E-state index in [1.54, 1.807) is 32.2 Å². The predicted molar refractivity (Wildman–Crippen MR) is 115 cm³/mol. The van der Waals surface area contributed by atoms with Crippen LogP contribution < -0.4 is 10.3 Å². The SMILES string of the molecule is Cn1cc(Cn2c(=O)c3cc(S(=O)(=O)NC4(C)CC4)cc(Br)c3n3nccc23)cn1. The molecule has 0 radical (unpaired) electrons. The van der Waals surface area contributed by atoms with Crippen molar-refractivity contribution in [2.75, 3.05) is 0 Å². The van der Waals surface area contributed by atoms with Crippen molar-refractivity contribution in [1.29, 1.82) is 0 Å². The van der Waals surface area contributed by atoms with Crippen LogP contribution in [0.25, 0.3) is 16.6 Å². The van der Waals surface area contributed by atoms with E-state index in [1.807, 2.05) is 20.2 Å². The van der Waals surface area contributed by atoms with Crippen molar-refractivity contribution in [3.63, 3.8) is 0 Å². The first-order chi connectivity index (χ1) is 14.2. The van der Waals surface area contributed by atoms with Gasteiger partial charge in [0.05, 0.1) is 34.7 Å². The normalized spacial score (nSPS) is 15.8. The molecule has 4 aromatic rings. The summed E-state index contributed by atoms with van der Waals surface area (Å²) in [6.45, 7) is 2.16. The highest BCUT2D eigenvalue weighted by molar-refractivity contribution is 9.10. The van der Waals surface area contributed by atoms with Crippen LogP contribution in [-0.2, 0) is 23.6 Å². The average Bonchev–Trinajstić information content (AvgIpc) is 3.06. The summed E-state index contributed by atoms with van der Waals surface area (Å²) in [5, 5.41) is 8.78. The summed E-state index contributed by atoms with van der Waals surface area (Å²) >= 11 is 3.46. The highest BCUT2D eigenvalue weighted by Crippen LogP contribution is 2.36. The Morgan fingerprint density at radius 2 is 2.03 bits per heavy atom. The van der Waals surface area contributed by atoms with Crippen LogP contribution in [0.3, 0.4) is 0 Å². The summed E-state index contributed by atoms with van der Waals surface area (Å²) in [5.74, 6) is 0. The number of aromatic nitrogens is 5. The third-order valence-corrected chi connectivity index (χ3v) is 7.64. The molecule has 0 spiro atoms. The Balaban J connectivity index is 1.74. The van der Waals surface area contributed by atoms with Crippen molar-refractivity contribution in [2.24, 2.45) is 7.05 Å². The minimum atomic E-state index is -3.77. The zero-order valence-corrected chi connectivity index (χ0v) is 18.7. The van der Waals surface area contributed by atoms with Gasteiger partial charge in [-0.3, -0.25) is 14.0 Å². The first kappa shape index (κ1) is 19.5. The van der Waals surface area contributed by atoms with Gasteiger partial charge in [0.15, 0.2) is 0 Å². The molecular formula is C19H19BrN6O3S. The molecule has 9 nitrogen and oxygen atoms in total. The maximum Gasteiger partial charge on any atom is 0.262 e. The fraction of sp³-hybridized carbons (Fsp3) is 0.316. The smallest absolute Gasteiger partial charge is 0.262 e. The maximum atomic E-state index is 13.4. The number of aryl methyl sites for hydroxylation is 1. The summed E-state index contributed by atoms with van der Waals surface area (Å²) in [6.07, 6.45) is 6.74. The van der Waals surface area contributed by atoms with E-state index in [4.69, 9.17) is 0 Å². The molecule has 0 unspecified atom stereocenters. The number of halogens is 1. The number of fused-ring (bicyclic) bond motifs is 3. The molecule has 0 amide bonds. The third kappa shape index (κ3) is 3.17. The minimum Gasteiger partial charge on any atom is -0.288 e. The van der Waals surface area contributed by atoms with Crippen LogP contribution in [0.15, 0.2) is 51.0 Å². The minimum absolute atomic E-state index is 0.0477. The second-order valence-corrected chi connectivity index (χ2v) is 10.5. The standard InChI is InChI=1S/C19H19BrN6O3S/c1-19(4-5-19)23-30(28,29)13-7-14-17(15(20)8-13)26-16(3-6-21-26)25(18(14)27)11-12-9-22-24(2)10-12/h3,6-10,23H,4-5,11H2,1-2H3. The van der Waals surface area contributed by atoms with Gasteiger partial charge in [0, 0.05) is 34.9 Å². The monoisotopic (exact) mass is 490 g/mol. The summed E-state index contributed by atoms with van der Waals surface area (Å²) < 4.78 is 33.9. The van der Waals surface area contributed by atoms with Gasteiger partial charge in [-0.05, 0) is 47.8 Å². The Morgan fingerprint density at radius 3 is 2.70 bits per heavy atom. The largest absolute Gasteiger partial charge is 0.288 e. The van der Waals surface area contributed by atoms with E-state index in [0.29, 0.717) is 22.2 Å². The molecule has 5 rings (SSSR count). The number of sulfonamides is 1. The Bertz CT molecular complexity index is 1480. The summed E-state index contributed by atoms with van der Waals surface area (Å²) in [6, 6.07) is 4.70. The van der Waals surface area contributed by atoms with Crippen molar-refractivity contribution in [2.45, 2.75) is 36.7 Å². The molecule has 3 aromatic heterocycles. The van der Waals surface area contributed by atoms with Crippen LogP contribution in [0.4, 0.5) is 0 Å². The summed E-state index contributed by atoms with van der Waals surface area (Å²) in [4.78, 5) is 13.5. The molecule has 1 saturated carbocycles. The predicted octanol–water partition coefficient (Wildman–Crippen LogP) is 2.02. The fourth-order valence-electron chi connectivity index (χ4n) is 3.59. The van der Waals surface area contributed by atoms with E-state index < -0.39 is 15.6 Å². The van der Waals surface area contributed by atoms with Gasteiger partial charge < -0.3 is 0 Å². The highest BCUT2D eigenvalue weighted by Gasteiger charge is 2.41. The summed E-state index contributed by atoms with van der Waals surface area (Å²) in [7, 11) is -1.96. The molecule has 1 aliphatic rings. The first-order valence-electron chi connectivity index (χ1n) is 9.38. The molecule has 30 heavy (non-hydrogen) atoms. The lowest BCUT2D eigenvalue weighted by Gasteiger charge is -2.15. The molecule has 1 N–H and O–H groups in total. The Morgan fingerprint density at radius 1 is 1.27 bits per heavy atom. The number of nitrogens with zero attached hydrogens (tertiary/aromatic N) is 5. The van der Waals surface area contributed by atoms with E-state index >= 15 is 0 Å². The first-order valence-corrected chi connectivity index (χ1v) is 11.7. The van der Waals surface area contributed by atoms with Crippen LogP contribution in [0.2, 0.25) is 0 Å². The van der Waals surface area contributed by atoms with Gasteiger partial charge in [0.25, 0.3) is 5.56 Å². The highest BCUT2D eigenvalue weighted by atomic mass is 79.9. The number of rotatable bonds is 5. The van der Waals surface area contributed by atoms with Gasteiger partial charge in [0.1, 0.15) is 5.65 Å². The number of hydrogen-bond donors (Lipinski definition) is 1.